The highest BCUT2D eigenvalue weighted by Crippen LogP contribution is 2.30. The van der Waals surface area contributed by atoms with Crippen LogP contribution in [0.15, 0.2) is 48.8 Å². The van der Waals surface area contributed by atoms with Crippen molar-refractivity contribution in [3.8, 4) is 11.8 Å². The van der Waals surface area contributed by atoms with Gasteiger partial charge in [0.2, 0.25) is 0 Å². The zero-order chi connectivity index (χ0) is 22.9. The molecule has 1 aliphatic rings. The summed E-state index contributed by atoms with van der Waals surface area (Å²) in [5.74, 6) is 5.01. The molecule has 0 saturated heterocycles. The van der Waals surface area contributed by atoms with E-state index < -0.39 is 18.1 Å². The molecule has 1 aliphatic heterocycles. The van der Waals surface area contributed by atoms with E-state index in [4.69, 9.17) is 5.11 Å². The molecule has 3 aromatic heterocycles. The van der Waals surface area contributed by atoms with Gasteiger partial charge in [-0.05, 0) is 36.6 Å². The summed E-state index contributed by atoms with van der Waals surface area (Å²) in [4.78, 5) is 25.5. The third kappa shape index (κ3) is 4.11. The summed E-state index contributed by atoms with van der Waals surface area (Å²) in [5.41, 5.74) is 4.50. The number of pyridine rings is 1. The number of aliphatic hydroxyl groups excluding tert-OH is 1. The second-order valence-electron chi connectivity index (χ2n) is 8.09. The Bertz CT molecular complexity index is 1380. The number of rotatable bonds is 4. The lowest BCUT2D eigenvalue weighted by Crippen LogP contribution is -2.31. The Kier molecular flexibility index (Phi) is 5.40. The van der Waals surface area contributed by atoms with Crippen molar-refractivity contribution in [1.29, 1.82) is 0 Å². The minimum atomic E-state index is -0.966. The first-order chi connectivity index (χ1) is 16.0. The monoisotopic (exact) mass is 443 g/mol. The summed E-state index contributed by atoms with van der Waals surface area (Å²) >= 11 is 0. The maximum absolute atomic E-state index is 14.1. The van der Waals surface area contributed by atoms with Gasteiger partial charge in [0.25, 0.3) is 5.91 Å². The Balaban J connectivity index is 1.54. The number of carbonyl (C=O) groups excluding carboxylic acids is 1. The van der Waals surface area contributed by atoms with Crippen molar-refractivity contribution in [1.82, 2.24) is 24.8 Å². The lowest BCUT2D eigenvalue weighted by Gasteiger charge is -2.17. The molecule has 166 valence electrons. The lowest BCUT2D eigenvalue weighted by atomic mass is 10.1. The normalized spacial score (nSPS) is 15.7. The topological polar surface area (TPSA) is 95.8 Å². The van der Waals surface area contributed by atoms with Gasteiger partial charge in [0, 0.05) is 34.6 Å². The predicted octanol–water partition coefficient (Wildman–Crippen LogP) is 2.83. The second kappa shape index (κ2) is 8.52. The van der Waals surface area contributed by atoms with Crippen molar-refractivity contribution >= 4 is 16.8 Å². The van der Waals surface area contributed by atoms with Crippen LogP contribution in [0, 0.1) is 18.8 Å². The first-order valence-electron chi connectivity index (χ1n) is 10.7. The van der Waals surface area contributed by atoms with Crippen LogP contribution >= 0.6 is 0 Å². The summed E-state index contributed by atoms with van der Waals surface area (Å²) in [6.07, 6.45) is 0.914. The molecule has 0 saturated carbocycles. The number of carbonyl (C=O) groups is 1. The van der Waals surface area contributed by atoms with Crippen molar-refractivity contribution in [3.05, 3.63) is 82.8 Å². The van der Waals surface area contributed by atoms with Gasteiger partial charge in [-0.3, -0.25) is 4.79 Å². The molecule has 0 spiro atoms. The molecule has 5 rings (SSSR count). The highest BCUT2D eigenvalue weighted by atomic mass is 19.1. The molecule has 1 unspecified atom stereocenters. The summed E-state index contributed by atoms with van der Waals surface area (Å²) in [5, 5.41) is 13.0. The maximum atomic E-state index is 14.1. The number of imidazole rings is 1. The minimum Gasteiger partial charge on any atom is -0.384 e. The SMILES string of the molecule is Cc1cc(C#CCO)cc(C(=O)NC(c2cc3ccccc3[nH]2)c2ncn3c2C[C@@H](F)C3)n1. The molecule has 7 nitrogen and oxygen atoms in total. The molecule has 0 bridgehead atoms. The third-order valence-electron chi connectivity index (χ3n) is 5.70. The van der Waals surface area contributed by atoms with E-state index >= 15 is 0 Å². The van der Waals surface area contributed by atoms with Crippen LogP contribution in [0.2, 0.25) is 0 Å². The van der Waals surface area contributed by atoms with Crippen LogP contribution < -0.4 is 5.32 Å². The molecule has 1 aromatic carbocycles. The Labute approximate surface area is 189 Å². The smallest absolute Gasteiger partial charge is 0.270 e. The molecule has 0 aliphatic carbocycles. The van der Waals surface area contributed by atoms with E-state index in [2.05, 4.69) is 32.1 Å². The molecule has 0 radical (unpaired) electrons. The Hall–Kier alpha value is -3.96. The zero-order valence-corrected chi connectivity index (χ0v) is 18.0. The van der Waals surface area contributed by atoms with Crippen molar-refractivity contribution in [2.24, 2.45) is 0 Å². The largest absolute Gasteiger partial charge is 0.384 e. The molecule has 33 heavy (non-hydrogen) atoms. The summed E-state index contributed by atoms with van der Waals surface area (Å²) in [7, 11) is 0. The predicted molar refractivity (Wildman–Crippen MR) is 121 cm³/mol. The molecule has 1 amide bonds. The third-order valence-corrected chi connectivity index (χ3v) is 5.70. The molecule has 3 N–H and O–H groups in total. The molecule has 8 heteroatoms. The molecular formula is C25H22FN5O2. The van der Waals surface area contributed by atoms with Crippen molar-refractivity contribution in [2.45, 2.75) is 32.1 Å². The van der Waals surface area contributed by atoms with Crippen LogP contribution in [0.1, 0.15) is 44.9 Å². The highest BCUT2D eigenvalue weighted by molar-refractivity contribution is 5.93. The molecule has 4 aromatic rings. The van der Waals surface area contributed by atoms with E-state index in [1.54, 1.807) is 30.0 Å². The van der Waals surface area contributed by atoms with Crippen molar-refractivity contribution in [3.63, 3.8) is 0 Å². The van der Waals surface area contributed by atoms with Gasteiger partial charge < -0.3 is 20.0 Å². The minimum absolute atomic E-state index is 0.206. The molecule has 0 fully saturated rings. The number of hydrogen-bond donors (Lipinski definition) is 3. The average molecular weight is 443 g/mol. The van der Waals surface area contributed by atoms with Gasteiger partial charge in [0.1, 0.15) is 24.5 Å². The number of aliphatic hydroxyl groups is 1. The van der Waals surface area contributed by atoms with Gasteiger partial charge in [-0.1, -0.05) is 30.0 Å². The van der Waals surface area contributed by atoms with Crippen molar-refractivity contribution < 1.29 is 14.3 Å². The number of hydrogen-bond acceptors (Lipinski definition) is 4. The summed E-state index contributed by atoms with van der Waals surface area (Å²) in [6.45, 7) is 1.77. The number of para-hydroxylation sites is 1. The number of nitrogens with zero attached hydrogens (tertiary/aromatic N) is 3. The number of aromatic amines is 1. The van der Waals surface area contributed by atoms with E-state index in [1.807, 2.05) is 30.3 Å². The van der Waals surface area contributed by atoms with Gasteiger partial charge in [-0.25, -0.2) is 14.4 Å². The number of alkyl halides is 1. The molecular weight excluding hydrogens is 421 g/mol. The number of benzene rings is 1. The fraction of sp³-hybridized carbons (Fsp3) is 0.240. The Morgan fingerprint density at radius 3 is 3.03 bits per heavy atom. The first kappa shape index (κ1) is 20.9. The van der Waals surface area contributed by atoms with Crippen LogP contribution in [0.3, 0.4) is 0 Å². The number of aromatic nitrogens is 4. The Morgan fingerprint density at radius 1 is 1.36 bits per heavy atom. The number of nitrogens with one attached hydrogen (secondary N) is 2. The fourth-order valence-electron chi connectivity index (χ4n) is 4.28. The highest BCUT2D eigenvalue weighted by Gasteiger charge is 2.31. The van der Waals surface area contributed by atoms with Gasteiger partial charge in [0.05, 0.1) is 18.6 Å². The number of H-pyrrole nitrogens is 1. The van der Waals surface area contributed by atoms with Crippen LogP contribution in [0.5, 0.6) is 0 Å². The number of aryl methyl sites for hydroxylation is 1. The maximum Gasteiger partial charge on any atom is 0.270 e. The van der Waals surface area contributed by atoms with Crippen LogP contribution in [-0.2, 0) is 13.0 Å². The second-order valence-corrected chi connectivity index (χ2v) is 8.09. The summed E-state index contributed by atoms with van der Waals surface area (Å²) in [6, 6.07) is 12.5. The lowest BCUT2D eigenvalue weighted by molar-refractivity contribution is 0.0936. The number of fused-ring (bicyclic) bond motifs is 2. The Morgan fingerprint density at radius 2 is 2.21 bits per heavy atom. The van der Waals surface area contributed by atoms with Gasteiger partial charge in [-0.2, -0.15) is 0 Å². The van der Waals surface area contributed by atoms with Crippen molar-refractivity contribution in [2.75, 3.05) is 6.61 Å². The van der Waals surface area contributed by atoms with Gasteiger partial charge >= 0.3 is 0 Å². The average Bonchev–Trinajstić information content (AvgIpc) is 3.49. The van der Waals surface area contributed by atoms with Crippen LogP contribution in [-0.4, -0.2) is 43.3 Å². The van der Waals surface area contributed by atoms with E-state index in [-0.39, 0.29) is 25.3 Å². The van der Waals surface area contributed by atoms with E-state index in [1.165, 1.54) is 0 Å². The van der Waals surface area contributed by atoms with Gasteiger partial charge in [0.15, 0.2) is 0 Å². The fourth-order valence-corrected chi connectivity index (χ4v) is 4.28. The standard InChI is InChI=1S/C25H22FN5O2/c1-15-9-16(5-4-8-32)10-21(28-15)25(33)30-23(20-11-17-6-2-3-7-19(17)29-20)24-22-12-18(26)13-31(22)14-27-24/h2-3,6-7,9-11,14,18,23,29,32H,8,12-13H2,1H3,(H,30,33)/t18-,23?/m1/s1. The van der Waals surface area contributed by atoms with Crippen LogP contribution in [0.25, 0.3) is 10.9 Å². The molecule has 2 atom stereocenters. The van der Waals surface area contributed by atoms with Gasteiger partial charge in [-0.15, -0.1) is 0 Å². The van der Waals surface area contributed by atoms with E-state index in [0.717, 1.165) is 22.3 Å². The summed E-state index contributed by atoms with van der Waals surface area (Å²) < 4.78 is 15.9. The molecule has 4 heterocycles. The first-order valence-corrected chi connectivity index (χ1v) is 10.7. The van der Waals surface area contributed by atoms with Crippen LogP contribution in [0.4, 0.5) is 4.39 Å². The number of amides is 1. The number of halogens is 1. The van der Waals surface area contributed by atoms with E-state index in [9.17, 15) is 9.18 Å². The van der Waals surface area contributed by atoms with E-state index in [0.29, 0.717) is 17.0 Å². The zero-order valence-electron chi connectivity index (χ0n) is 18.0. The quantitative estimate of drug-likeness (QED) is 0.423.